The summed E-state index contributed by atoms with van der Waals surface area (Å²) in [7, 11) is 0. The average Bonchev–Trinajstić information content (AvgIpc) is 3.20. The molecule has 0 saturated carbocycles. The van der Waals surface area contributed by atoms with Crippen LogP contribution in [0.5, 0.6) is 0 Å². The van der Waals surface area contributed by atoms with Gasteiger partial charge in [-0.2, -0.15) is 0 Å². The van der Waals surface area contributed by atoms with E-state index in [1.807, 2.05) is 30.2 Å². The Kier molecular flexibility index (Phi) is 7.21. The number of benzene rings is 2. The van der Waals surface area contributed by atoms with Crippen LogP contribution in [0.3, 0.4) is 0 Å². The van der Waals surface area contributed by atoms with E-state index in [0.717, 1.165) is 35.0 Å². The molecular weight excluding hydrogens is 412 g/mol. The molecule has 6 nitrogen and oxygen atoms in total. The highest BCUT2D eigenvalue weighted by Gasteiger charge is 2.15. The van der Waals surface area contributed by atoms with Crippen LogP contribution in [-0.4, -0.2) is 50.3 Å². The average molecular weight is 442 g/mol. The van der Waals surface area contributed by atoms with E-state index in [-0.39, 0.29) is 11.6 Å². The Bertz CT molecular complexity index is 1080. The quantitative estimate of drug-likeness (QED) is 0.387. The topological polar surface area (TPSA) is 64.7 Å². The predicted octanol–water partition coefficient (Wildman–Crippen LogP) is 3.58. The number of guanidine groups is 1. The number of hydrogen-bond acceptors (Lipinski definition) is 3. The maximum Gasteiger partial charge on any atom is 0.191 e. The monoisotopic (exact) mass is 441 g/mol. The number of aliphatic imine (C=N–C) groups is 1. The molecule has 2 heterocycles. The lowest BCUT2D eigenvalue weighted by atomic mass is 10.1. The van der Waals surface area contributed by atoms with Crippen molar-refractivity contribution in [3.8, 4) is 0 Å². The lowest BCUT2D eigenvalue weighted by Gasteiger charge is -2.29. The van der Waals surface area contributed by atoms with Crippen LogP contribution >= 0.6 is 0 Å². The van der Waals surface area contributed by atoms with Crippen molar-refractivity contribution in [2.45, 2.75) is 19.9 Å². The van der Waals surface area contributed by atoms with Crippen molar-refractivity contribution < 1.29 is 13.5 Å². The Balaban J connectivity index is 1.35. The second-order valence-corrected chi connectivity index (χ2v) is 7.76. The number of rotatable bonds is 7. The molecule has 32 heavy (non-hydrogen) atoms. The first-order chi connectivity index (χ1) is 15.6. The highest BCUT2D eigenvalue weighted by atomic mass is 19.1. The molecule has 1 saturated heterocycles. The number of anilines is 1. The summed E-state index contributed by atoms with van der Waals surface area (Å²) in [6.07, 6.45) is 2.67. The van der Waals surface area contributed by atoms with Gasteiger partial charge in [-0.3, -0.25) is 0 Å². The zero-order chi connectivity index (χ0) is 22.3. The molecule has 3 N–H and O–H groups in total. The van der Waals surface area contributed by atoms with Crippen LogP contribution < -0.4 is 15.5 Å². The number of nitrogens with zero attached hydrogens (tertiary/aromatic N) is 2. The van der Waals surface area contributed by atoms with Gasteiger partial charge in [-0.1, -0.05) is 6.07 Å². The lowest BCUT2D eigenvalue weighted by molar-refractivity contribution is 0.122. The summed E-state index contributed by atoms with van der Waals surface area (Å²) in [6.45, 7) is 6.42. The molecule has 1 fully saturated rings. The van der Waals surface area contributed by atoms with Crippen molar-refractivity contribution >= 4 is 22.5 Å². The van der Waals surface area contributed by atoms with Crippen molar-refractivity contribution in [2.75, 3.05) is 44.3 Å². The molecular formula is C24H29F2N5O. The van der Waals surface area contributed by atoms with Gasteiger partial charge in [-0.25, -0.2) is 13.8 Å². The molecule has 0 unspecified atom stereocenters. The summed E-state index contributed by atoms with van der Waals surface area (Å²) in [4.78, 5) is 9.72. The van der Waals surface area contributed by atoms with E-state index in [1.54, 1.807) is 12.1 Å². The minimum absolute atomic E-state index is 0.228. The first-order valence-corrected chi connectivity index (χ1v) is 11.0. The molecule has 3 aromatic rings. The Morgan fingerprint density at radius 3 is 2.75 bits per heavy atom. The largest absolute Gasteiger partial charge is 0.378 e. The molecule has 170 valence electrons. The van der Waals surface area contributed by atoms with Crippen LogP contribution in [-0.2, 0) is 17.7 Å². The van der Waals surface area contributed by atoms with Gasteiger partial charge in [0.15, 0.2) is 5.96 Å². The number of halogens is 2. The van der Waals surface area contributed by atoms with Gasteiger partial charge in [0.1, 0.15) is 11.6 Å². The summed E-state index contributed by atoms with van der Waals surface area (Å²) in [5.74, 6) is 0.199. The molecule has 0 bridgehead atoms. The number of H-pyrrole nitrogens is 1. The molecule has 0 atom stereocenters. The zero-order valence-corrected chi connectivity index (χ0v) is 18.3. The highest BCUT2D eigenvalue weighted by Crippen LogP contribution is 2.22. The molecule has 1 aromatic heterocycles. The fourth-order valence-electron chi connectivity index (χ4n) is 3.90. The fraction of sp³-hybridized carbons (Fsp3) is 0.375. The van der Waals surface area contributed by atoms with Crippen LogP contribution in [0.15, 0.2) is 47.6 Å². The second kappa shape index (κ2) is 10.5. The minimum atomic E-state index is -0.250. The third-order valence-corrected chi connectivity index (χ3v) is 5.54. The van der Waals surface area contributed by atoms with Crippen molar-refractivity contribution in [1.29, 1.82) is 0 Å². The van der Waals surface area contributed by atoms with E-state index in [4.69, 9.17) is 4.74 Å². The summed E-state index contributed by atoms with van der Waals surface area (Å²) in [5.41, 5.74) is 3.34. The SMILES string of the molecule is CCNC(=NCc1ccc(N2CCOCC2)c(F)c1)NCCc1c[nH]c2cc(F)ccc12. The molecule has 0 radical (unpaired) electrons. The van der Waals surface area contributed by atoms with Gasteiger partial charge in [0, 0.05) is 43.3 Å². The van der Waals surface area contributed by atoms with E-state index in [9.17, 15) is 8.78 Å². The standard InChI is InChI=1S/C24H29F2N5O/c1-2-27-24(28-8-7-18-16-29-22-14-19(25)4-5-20(18)22)30-15-17-3-6-23(21(26)13-17)31-9-11-32-12-10-31/h3-6,13-14,16,29H,2,7-12,15H2,1H3,(H2,27,28,30). The molecule has 0 amide bonds. The number of aromatic amines is 1. The van der Waals surface area contributed by atoms with Crippen LogP contribution in [0.2, 0.25) is 0 Å². The van der Waals surface area contributed by atoms with Gasteiger partial charge in [-0.15, -0.1) is 0 Å². The van der Waals surface area contributed by atoms with E-state index in [0.29, 0.717) is 51.0 Å². The molecule has 1 aliphatic rings. The summed E-state index contributed by atoms with van der Waals surface area (Å²) in [5, 5.41) is 7.56. The Morgan fingerprint density at radius 1 is 1.12 bits per heavy atom. The van der Waals surface area contributed by atoms with E-state index in [2.05, 4.69) is 20.6 Å². The number of ether oxygens (including phenoxy) is 1. The van der Waals surface area contributed by atoms with Crippen LogP contribution in [0.1, 0.15) is 18.1 Å². The van der Waals surface area contributed by atoms with Gasteiger partial charge in [0.25, 0.3) is 0 Å². The third-order valence-electron chi connectivity index (χ3n) is 5.54. The first kappa shape index (κ1) is 22.1. The Labute approximate surface area is 186 Å². The molecule has 8 heteroatoms. The van der Waals surface area contributed by atoms with Crippen molar-refractivity contribution in [3.05, 3.63) is 65.4 Å². The van der Waals surface area contributed by atoms with Crippen molar-refractivity contribution in [3.63, 3.8) is 0 Å². The number of nitrogens with one attached hydrogen (secondary N) is 3. The molecule has 0 spiro atoms. The molecule has 4 rings (SSSR count). The number of aromatic nitrogens is 1. The zero-order valence-electron chi connectivity index (χ0n) is 18.3. The molecule has 1 aliphatic heterocycles. The molecule has 2 aromatic carbocycles. The number of hydrogen-bond donors (Lipinski definition) is 3. The predicted molar refractivity (Wildman–Crippen MR) is 124 cm³/mol. The van der Waals surface area contributed by atoms with E-state index < -0.39 is 0 Å². The van der Waals surface area contributed by atoms with Crippen molar-refractivity contribution in [2.24, 2.45) is 4.99 Å². The van der Waals surface area contributed by atoms with Gasteiger partial charge in [0.05, 0.1) is 25.4 Å². The summed E-state index contributed by atoms with van der Waals surface area (Å²) >= 11 is 0. The summed E-state index contributed by atoms with van der Waals surface area (Å²) in [6, 6.07) is 10.1. The lowest BCUT2D eigenvalue weighted by Crippen LogP contribution is -2.38. The van der Waals surface area contributed by atoms with Crippen LogP contribution in [0, 0.1) is 11.6 Å². The van der Waals surface area contributed by atoms with E-state index in [1.165, 1.54) is 12.1 Å². The first-order valence-electron chi connectivity index (χ1n) is 11.0. The Morgan fingerprint density at radius 2 is 1.97 bits per heavy atom. The van der Waals surface area contributed by atoms with Crippen molar-refractivity contribution in [1.82, 2.24) is 15.6 Å². The summed E-state index contributed by atoms with van der Waals surface area (Å²) < 4.78 is 33.3. The minimum Gasteiger partial charge on any atom is -0.378 e. The van der Waals surface area contributed by atoms with Gasteiger partial charge in [-0.05, 0) is 54.8 Å². The van der Waals surface area contributed by atoms with Gasteiger partial charge < -0.3 is 25.3 Å². The Hall–Kier alpha value is -3.13. The maximum atomic E-state index is 14.6. The molecule has 0 aliphatic carbocycles. The van der Waals surface area contributed by atoms with Crippen LogP contribution in [0.4, 0.5) is 14.5 Å². The van der Waals surface area contributed by atoms with Gasteiger partial charge >= 0.3 is 0 Å². The number of fused-ring (bicyclic) bond motifs is 1. The highest BCUT2D eigenvalue weighted by molar-refractivity contribution is 5.83. The maximum absolute atomic E-state index is 14.6. The van der Waals surface area contributed by atoms with Crippen LogP contribution in [0.25, 0.3) is 10.9 Å². The van der Waals surface area contributed by atoms with Gasteiger partial charge in [0.2, 0.25) is 0 Å². The smallest absolute Gasteiger partial charge is 0.191 e. The van der Waals surface area contributed by atoms with E-state index >= 15 is 0 Å². The second-order valence-electron chi connectivity index (χ2n) is 7.76. The normalized spacial score (nSPS) is 14.7. The number of morpholine rings is 1. The third kappa shape index (κ3) is 5.37. The fourth-order valence-corrected chi connectivity index (χ4v) is 3.90.